The van der Waals surface area contributed by atoms with Gasteiger partial charge in [-0.1, -0.05) is 24.3 Å². The molecule has 0 bridgehead atoms. The van der Waals surface area contributed by atoms with Gasteiger partial charge in [0.25, 0.3) is 0 Å². The Morgan fingerprint density at radius 2 is 1.73 bits per heavy atom. The van der Waals surface area contributed by atoms with Crippen LogP contribution in [0.15, 0.2) is 42.5 Å². The van der Waals surface area contributed by atoms with Gasteiger partial charge in [0.1, 0.15) is 5.75 Å². The number of nitrogens with zero attached hydrogens (tertiary/aromatic N) is 1. The van der Waals surface area contributed by atoms with Crippen LogP contribution < -0.4 is 24.4 Å². The lowest BCUT2D eigenvalue weighted by Crippen LogP contribution is -2.26. The van der Waals surface area contributed by atoms with Crippen LogP contribution in [-0.2, 0) is 6.54 Å². The van der Waals surface area contributed by atoms with Gasteiger partial charge in [0.15, 0.2) is 11.5 Å². The van der Waals surface area contributed by atoms with Crippen LogP contribution in [-0.4, -0.2) is 41.0 Å². The average molecular weight is 356 g/mol. The first-order chi connectivity index (χ1) is 12.8. The van der Waals surface area contributed by atoms with E-state index in [1.165, 1.54) is 12.1 Å². The van der Waals surface area contributed by atoms with Gasteiger partial charge >= 0.3 is 0 Å². The van der Waals surface area contributed by atoms with Gasteiger partial charge in [-0.2, -0.15) is 0 Å². The van der Waals surface area contributed by atoms with Crippen molar-refractivity contribution in [2.45, 2.75) is 13.0 Å². The monoisotopic (exact) mass is 356 g/mol. The predicted molar refractivity (Wildman–Crippen MR) is 105 cm³/mol. The number of rotatable bonds is 8. The number of nitrogens with one attached hydrogen (secondary N) is 1. The highest BCUT2D eigenvalue weighted by Gasteiger charge is 2.24. The molecule has 1 heterocycles. The van der Waals surface area contributed by atoms with Crippen LogP contribution in [0.2, 0.25) is 0 Å². The fourth-order valence-corrected chi connectivity index (χ4v) is 3.61. The minimum Gasteiger partial charge on any atom is -0.495 e. The van der Waals surface area contributed by atoms with E-state index in [-0.39, 0.29) is 0 Å². The van der Waals surface area contributed by atoms with E-state index in [9.17, 15) is 0 Å². The smallest absolute Gasteiger partial charge is 0.165 e. The van der Waals surface area contributed by atoms with Crippen LogP contribution in [0.3, 0.4) is 0 Å². The molecule has 0 aromatic heterocycles. The SMILES string of the molecule is COc1ccccc1N1CCC(CNCc2cccc(OC)c2OC)C1. The average Bonchev–Trinajstić information content (AvgIpc) is 3.16. The Bertz CT molecular complexity index is 720. The highest BCUT2D eigenvalue weighted by Crippen LogP contribution is 2.32. The van der Waals surface area contributed by atoms with Gasteiger partial charge in [0.2, 0.25) is 0 Å². The Kier molecular flexibility index (Phi) is 6.23. The first-order valence-electron chi connectivity index (χ1n) is 9.05. The van der Waals surface area contributed by atoms with Crippen molar-refractivity contribution in [3.8, 4) is 17.2 Å². The van der Waals surface area contributed by atoms with Gasteiger partial charge < -0.3 is 24.4 Å². The number of hydrogen-bond donors (Lipinski definition) is 1. The number of benzene rings is 2. The Hall–Kier alpha value is -2.40. The molecule has 1 unspecified atom stereocenters. The molecule has 1 saturated heterocycles. The normalized spacial score (nSPS) is 16.6. The lowest BCUT2D eigenvalue weighted by molar-refractivity contribution is 0.350. The highest BCUT2D eigenvalue weighted by molar-refractivity contribution is 5.59. The van der Waals surface area contributed by atoms with Crippen LogP contribution in [0.1, 0.15) is 12.0 Å². The van der Waals surface area contributed by atoms with Crippen LogP contribution in [0.5, 0.6) is 17.2 Å². The zero-order chi connectivity index (χ0) is 18.4. The van der Waals surface area contributed by atoms with Gasteiger partial charge in [0.05, 0.1) is 27.0 Å². The molecular formula is C21H28N2O3. The van der Waals surface area contributed by atoms with E-state index in [1.54, 1.807) is 21.3 Å². The molecule has 140 valence electrons. The van der Waals surface area contributed by atoms with E-state index >= 15 is 0 Å². The molecule has 0 saturated carbocycles. The fourth-order valence-electron chi connectivity index (χ4n) is 3.61. The summed E-state index contributed by atoms with van der Waals surface area (Å²) in [6.45, 7) is 3.86. The molecule has 2 aromatic carbocycles. The Morgan fingerprint density at radius 1 is 0.962 bits per heavy atom. The Balaban J connectivity index is 1.54. The molecule has 1 aliphatic heterocycles. The topological polar surface area (TPSA) is 43.0 Å². The number of hydrogen-bond acceptors (Lipinski definition) is 5. The second-order valence-electron chi connectivity index (χ2n) is 6.56. The minimum absolute atomic E-state index is 0.622. The molecule has 0 amide bonds. The Morgan fingerprint density at radius 3 is 2.50 bits per heavy atom. The molecular weight excluding hydrogens is 328 g/mol. The van der Waals surface area contributed by atoms with E-state index in [0.29, 0.717) is 5.92 Å². The molecule has 0 radical (unpaired) electrons. The highest BCUT2D eigenvalue weighted by atomic mass is 16.5. The number of ether oxygens (including phenoxy) is 3. The van der Waals surface area contributed by atoms with Crippen molar-refractivity contribution in [2.24, 2.45) is 5.92 Å². The second kappa shape index (κ2) is 8.81. The van der Waals surface area contributed by atoms with Gasteiger partial charge in [0, 0.05) is 31.7 Å². The third-order valence-electron chi connectivity index (χ3n) is 4.94. The number of para-hydroxylation sites is 3. The third kappa shape index (κ3) is 4.05. The summed E-state index contributed by atoms with van der Waals surface area (Å²) in [5.74, 6) is 3.15. The van der Waals surface area contributed by atoms with Crippen molar-refractivity contribution >= 4 is 5.69 Å². The fraction of sp³-hybridized carbons (Fsp3) is 0.429. The summed E-state index contributed by atoms with van der Waals surface area (Å²) < 4.78 is 16.4. The quantitative estimate of drug-likeness (QED) is 0.786. The van der Waals surface area contributed by atoms with Gasteiger partial charge in [-0.15, -0.1) is 0 Å². The zero-order valence-electron chi connectivity index (χ0n) is 15.8. The molecule has 0 aliphatic carbocycles. The van der Waals surface area contributed by atoms with E-state index < -0.39 is 0 Å². The van der Waals surface area contributed by atoms with Crippen molar-refractivity contribution in [3.63, 3.8) is 0 Å². The molecule has 5 nitrogen and oxygen atoms in total. The first kappa shape index (κ1) is 18.4. The molecule has 1 atom stereocenters. The molecule has 3 rings (SSSR count). The largest absolute Gasteiger partial charge is 0.495 e. The van der Waals surface area contributed by atoms with Gasteiger partial charge in [-0.3, -0.25) is 0 Å². The van der Waals surface area contributed by atoms with E-state index in [4.69, 9.17) is 14.2 Å². The molecule has 5 heteroatoms. The third-order valence-corrected chi connectivity index (χ3v) is 4.94. The standard InChI is InChI=1S/C21H28N2O3/c1-24-19-9-5-4-8-18(19)23-12-11-16(15-23)13-22-14-17-7-6-10-20(25-2)21(17)26-3/h4-10,16,22H,11-15H2,1-3H3. The predicted octanol–water partition coefficient (Wildman–Crippen LogP) is 3.33. The molecule has 1 N–H and O–H groups in total. The molecule has 2 aromatic rings. The summed E-state index contributed by atoms with van der Waals surface area (Å²) >= 11 is 0. The number of anilines is 1. The molecule has 0 spiro atoms. The van der Waals surface area contributed by atoms with Gasteiger partial charge in [-0.05, 0) is 30.5 Å². The van der Waals surface area contributed by atoms with Crippen molar-refractivity contribution in [1.82, 2.24) is 5.32 Å². The van der Waals surface area contributed by atoms with Crippen molar-refractivity contribution in [3.05, 3.63) is 48.0 Å². The lowest BCUT2D eigenvalue weighted by atomic mass is 10.1. The van der Waals surface area contributed by atoms with E-state index in [1.807, 2.05) is 24.3 Å². The van der Waals surface area contributed by atoms with Crippen LogP contribution in [0.25, 0.3) is 0 Å². The zero-order valence-corrected chi connectivity index (χ0v) is 15.8. The van der Waals surface area contributed by atoms with E-state index in [0.717, 1.165) is 49.0 Å². The van der Waals surface area contributed by atoms with Crippen molar-refractivity contribution in [1.29, 1.82) is 0 Å². The first-order valence-corrected chi connectivity index (χ1v) is 9.05. The number of methoxy groups -OCH3 is 3. The minimum atomic E-state index is 0.622. The lowest BCUT2D eigenvalue weighted by Gasteiger charge is -2.21. The molecule has 1 fully saturated rings. The maximum absolute atomic E-state index is 5.50. The summed E-state index contributed by atoms with van der Waals surface area (Å²) in [6, 6.07) is 14.2. The van der Waals surface area contributed by atoms with Crippen molar-refractivity contribution in [2.75, 3.05) is 45.9 Å². The molecule has 1 aliphatic rings. The summed E-state index contributed by atoms with van der Waals surface area (Å²) in [5, 5.41) is 3.58. The second-order valence-corrected chi connectivity index (χ2v) is 6.56. The van der Waals surface area contributed by atoms with Crippen LogP contribution >= 0.6 is 0 Å². The summed E-state index contributed by atoms with van der Waals surface area (Å²) in [5.41, 5.74) is 2.30. The summed E-state index contributed by atoms with van der Waals surface area (Å²) in [7, 11) is 5.08. The maximum atomic E-state index is 5.50. The summed E-state index contributed by atoms with van der Waals surface area (Å²) in [6.07, 6.45) is 1.18. The maximum Gasteiger partial charge on any atom is 0.165 e. The Labute approximate surface area is 155 Å². The van der Waals surface area contributed by atoms with Crippen LogP contribution in [0.4, 0.5) is 5.69 Å². The molecule has 26 heavy (non-hydrogen) atoms. The van der Waals surface area contributed by atoms with Crippen molar-refractivity contribution < 1.29 is 14.2 Å². The van der Waals surface area contributed by atoms with Crippen LogP contribution in [0, 0.1) is 5.92 Å². The van der Waals surface area contributed by atoms with E-state index in [2.05, 4.69) is 28.4 Å². The summed E-state index contributed by atoms with van der Waals surface area (Å²) in [4.78, 5) is 2.41. The van der Waals surface area contributed by atoms with Gasteiger partial charge in [-0.25, -0.2) is 0 Å².